The number of guanidine groups is 1. The number of benzene rings is 1. The van der Waals surface area contributed by atoms with Crippen molar-refractivity contribution >= 4 is 17.6 Å². The van der Waals surface area contributed by atoms with Crippen LogP contribution in [0, 0.1) is 17.7 Å². The molecule has 1 aliphatic heterocycles. The lowest BCUT2D eigenvalue weighted by molar-refractivity contribution is -0.128. The first-order valence-electron chi connectivity index (χ1n) is 9.88. The van der Waals surface area contributed by atoms with Gasteiger partial charge in [0.25, 0.3) is 0 Å². The number of ketones is 1. The number of hydrogen-bond acceptors (Lipinski definition) is 6. The minimum atomic E-state index is -1.14. The maximum absolute atomic E-state index is 14.6. The second kappa shape index (κ2) is 9.04. The topological polar surface area (TPSA) is 102 Å². The predicted octanol–water partition coefficient (Wildman–Crippen LogP) is 2.39. The van der Waals surface area contributed by atoms with Gasteiger partial charge < -0.3 is 5.73 Å². The van der Waals surface area contributed by atoms with Crippen LogP contribution < -0.4 is 5.73 Å². The van der Waals surface area contributed by atoms with Crippen LogP contribution in [0.25, 0.3) is 0 Å². The predicted molar refractivity (Wildman–Crippen MR) is 115 cm³/mol. The van der Waals surface area contributed by atoms with E-state index in [9.17, 15) is 14.0 Å². The quantitative estimate of drug-likeness (QED) is 0.570. The van der Waals surface area contributed by atoms with Crippen molar-refractivity contribution in [3.05, 3.63) is 58.9 Å². The van der Waals surface area contributed by atoms with Gasteiger partial charge >= 0.3 is 0 Å². The van der Waals surface area contributed by atoms with E-state index in [1.807, 2.05) is 0 Å². The average Bonchev–Trinajstić information content (AvgIpc) is 2.74. The van der Waals surface area contributed by atoms with Crippen LogP contribution in [0.1, 0.15) is 54.0 Å². The Morgan fingerprint density at radius 1 is 1.32 bits per heavy atom. The van der Waals surface area contributed by atoms with E-state index in [1.165, 1.54) is 30.3 Å². The molecule has 3 rings (SSSR count). The minimum Gasteiger partial charge on any atom is -0.369 e. The van der Waals surface area contributed by atoms with Gasteiger partial charge in [-0.25, -0.2) is 14.4 Å². The first-order chi connectivity index (χ1) is 14.7. The molecule has 0 fully saturated rings. The molecule has 0 radical (unpaired) electrons. The highest BCUT2D eigenvalue weighted by atomic mass is 19.1. The fourth-order valence-electron chi connectivity index (χ4n) is 3.38. The van der Waals surface area contributed by atoms with Crippen molar-refractivity contribution in [2.75, 3.05) is 7.05 Å². The van der Waals surface area contributed by atoms with E-state index >= 15 is 0 Å². The monoisotopic (exact) mass is 421 g/mol. The molecule has 2 heterocycles. The lowest BCUT2D eigenvalue weighted by Crippen LogP contribution is -2.47. The van der Waals surface area contributed by atoms with Gasteiger partial charge in [-0.1, -0.05) is 6.07 Å². The molecule has 2 aromatic rings. The largest absolute Gasteiger partial charge is 0.369 e. The third kappa shape index (κ3) is 4.94. The molecule has 0 aliphatic carbocycles. The molecule has 1 aliphatic rings. The van der Waals surface area contributed by atoms with E-state index < -0.39 is 11.4 Å². The van der Waals surface area contributed by atoms with Crippen molar-refractivity contribution in [3.63, 3.8) is 0 Å². The van der Waals surface area contributed by atoms with Gasteiger partial charge in [-0.3, -0.25) is 19.5 Å². The molecule has 2 N–H and O–H groups in total. The molecule has 1 unspecified atom stereocenters. The number of rotatable bonds is 6. The first kappa shape index (κ1) is 22.1. The summed E-state index contributed by atoms with van der Waals surface area (Å²) in [5, 5.41) is 0. The van der Waals surface area contributed by atoms with Crippen molar-refractivity contribution in [1.82, 2.24) is 14.9 Å². The third-order valence-electron chi connectivity index (χ3n) is 5.22. The Kier molecular flexibility index (Phi) is 6.44. The molecule has 1 atom stereocenters. The van der Waals surface area contributed by atoms with Crippen LogP contribution in [-0.4, -0.2) is 39.6 Å². The van der Waals surface area contributed by atoms with Crippen LogP contribution in [-0.2, 0) is 23.2 Å². The fourth-order valence-corrected chi connectivity index (χ4v) is 3.38. The van der Waals surface area contributed by atoms with E-state index in [2.05, 4.69) is 26.8 Å². The van der Waals surface area contributed by atoms with Gasteiger partial charge in [0, 0.05) is 38.1 Å². The molecule has 160 valence electrons. The molecule has 7 nitrogen and oxygen atoms in total. The maximum atomic E-state index is 14.6. The molecule has 0 bridgehead atoms. The summed E-state index contributed by atoms with van der Waals surface area (Å²) in [6.07, 6.45) is 4.37. The standard InChI is InChI=1S/C23H24FN5O2/c1-4-5-6-7-16-13-27-19(14-26-16)20(30)11-15-8-9-18(24)17(10-15)23(2)12-21(31)29(3)22(25)28-23/h8-10,13-14H,6-7,11-12H2,1-3H3,(H2,25,28). The smallest absolute Gasteiger partial charge is 0.231 e. The molecule has 8 heteroatoms. The first-order valence-corrected chi connectivity index (χ1v) is 9.88. The summed E-state index contributed by atoms with van der Waals surface area (Å²) < 4.78 is 14.6. The van der Waals surface area contributed by atoms with Gasteiger partial charge in [0.05, 0.1) is 23.9 Å². The Bertz CT molecular complexity index is 1100. The molecule has 31 heavy (non-hydrogen) atoms. The highest BCUT2D eigenvalue weighted by Gasteiger charge is 2.38. The summed E-state index contributed by atoms with van der Waals surface area (Å²) in [4.78, 5) is 38.9. The van der Waals surface area contributed by atoms with Crippen molar-refractivity contribution in [2.45, 2.75) is 45.1 Å². The molecule has 0 saturated heterocycles. The number of nitrogens with two attached hydrogens (primary N) is 1. The normalized spacial score (nSPS) is 18.3. The Morgan fingerprint density at radius 3 is 2.74 bits per heavy atom. The Hall–Kier alpha value is -3.60. The van der Waals surface area contributed by atoms with Crippen LogP contribution in [0.5, 0.6) is 0 Å². The van der Waals surface area contributed by atoms with Crippen LogP contribution in [0.15, 0.2) is 35.6 Å². The van der Waals surface area contributed by atoms with Gasteiger partial charge in [-0.2, -0.15) is 0 Å². The number of aliphatic imine (C=N–C) groups is 1. The van der Waals surface area contributed by atoms with E-state index in [-0.39, 0.29) is 41.7 Å². The second-order valence-electron chi connectivity index (χ2n) is 7.61. The van der Waals surface area contributed by atoms with E-state index in [0.717, 1.165) is 5.69 Å². The number of nitrogens with zero attached hydrogens (tertiary/aromatic N) is 4. The van der Waals surface area contributed by atoms with Crippen molar-refractivity contribution in [3.8, 4) is 11.8 Å². The number of carbonyl (C=O) groups excluding carboxylic acids is 2. The summed E-state index contributed by atoms with van der Waals surface area (Å²) in [5.74, 6) is 4.81. The molecular weight excluding hydrogens is 397 g/mol. The van der Waals surface area contributed by atoms with E-state index in [1.54, 1.807) is 26.1 Å². The number of aryl methyl sites for hydroxylation is 1. The SMILES string of the molecule is CC#CCCc1cnc(C(=O)Cc2ccc(F)c(C3(C)CC(=O)N(C)C(N)=N3)c2)cn1. The van der Waals surface area contributed by atoms with Crippen LogP contribution in [0.3, 0.4) is 0 Å². The fraction of sp³-hybridized carbons (Fsp3) is 0.348. The summed E-state index contributed by atoms with van der Waals surface area (Å²) in [6.45, 7) is 3.43. The number of amides is 1. The van der Waals surface area contributed by atoms with Crippen LogP contribution in [0.4, 0.5) is 4.39 Å². The van der Waals surface area contributed by atoms with Gasteiger partial charge in [0.15, 0.2) is 11.7 Å². The summed E-state index contributed by atoms with van der Waals surface area (Å²) in [5.41, 5.74) is 6.50. The summed E-state index contributed by atoms with van der Waals surface area (Å²) in [7, 11) is 1.52. The number of halogens is 1. The zero-order valence-electron chi connectivity index (χ0n) is 17.8. The Balaban J connectivity index is 1.80. The van der Waals surface area contributed by atoms with Crippen LogP contribution in [0.2, 0.25) is 0 Å². The molecule has 0 spiro atoms. The molecule has 0 saturated carbocycles. The third-order valence-corrected chi connectivity index (χ3v) is 5.22. The van der Waals surface area contributed by atoms with Crippen molar-refractivity contribution < 1.29 is 14.0 Å². The van der Waals surface area contributed by atoms with Crippen molar-refractivity contribution in [1.29, 1.82) is 0 Å². The van der Waals surface area contributed by atoms with Gasteiger partial charge in [0.2, 0.25) is 5.91 Å². The zero-order valence-corrected chi connectivity index (χ0v) is 17.8. The van der Waals surface area contributed by atoms with Gasteiger partial charge in [-0.15, -0.1) is 11.8 Å². The lowest BCUT2D eigenvalue weighted by Gasteiger charge is -2.34. The highest BCUT2D eigenvalue weighted by Crippen LogP contribution is 2.35. The maximum Gasteiger partial charge on any atom is 0.231 e. The Morgan fingerprint density at radius 2 is 2.10 bits per heavy atom. The lowest BCUT2D eigenvalue weighted by atomic mass is 9.85. The molecule has 1 amide bonds. The Labute approximate surface area is 180 Å². The second-order valence-corrected chi connectivity index (χ2v) is 7.61. The molecule has 1 aromatic heterocycles. The van der Waals surface area contributed by atoms with Crippen molar-refractivity contribution in [2.24, 2.45) is 10.7 Å². The average molecular weight is 421 g/mol. The van der Waals surface area contributed by atoms with Gasteiger partial charge in [0.1, 0.15) is 11.5 Å². The summed E-state index contributed by atoms with van der Waals surface area (Å²) in [6, 6.07) is 4.38. The van der Waals surface area contributed by atoms with Gasteiger partial charge in [-0.05, 0) is 31.5 Å². The van der Waals surface area contributed by atoms with E-state index in [4.69, 9.17) is 5.73 Å². The summed E-state index contributed by atoms with van der Waals surface area (Å²) >= 11 is 0. The number of carbonyl (C=O) groups is 2. The minimum absolute atomic E-state index is 0.0196. The zero-order chi connectivity index (χ0) is 22.6. The number of hydrogen-bond donors (Lipinski definition) is 1. The highest BCUT2D eigenvalue weighted by molar-refractivity contribution is 5.99. The molecule has 1 aromatic carbocycles. The van der Waals surface area contributed by atoms with E-state index in [0.29, 0.717) is 18.4 Å². The molecular formula is C23H24FN5O2. The number of aromatic nitrogens is 2. The van der Waals surface area contributed by atoms with Crippen LogP contribution >= 0.6 is 0 Å². The number of Topliss-reactive ketones (excluding diaryl/α,β-unsaturated/α-hetero) is 1.